The highest BCUT2D eigenvalue weighted by Crippen LogP contribution is 2.27. The third-order valence-corrected chi connectivity index (χ3v) is 4.33. The van der Waals surface area contributed by atoms with Gasteiger partial charge in [-0.3, -0.25) is 14.5 Å². The van der Waals surface area contributed by atoms with Gasteiger partial charge in [-0.1, -0.05) is 17.2 Å². The van der Waals surface area contributed by atoms with Gasteiger partial charge in [0.1, 0.15) is 11.6 Å². The zero-order chi connectivity index (χ0) is 20.0. The van der Waals surface area contributed by atoms with Gasteiger partial charge in [0, 0.05) is 19.2 Å². The fourth-order valence-corrected chi connectivity index (χ4v) is 2.98. The van der Waals surface area contributed by atoms with Crippen LogP contribution in [-0.2, 0) is 4.84 Å². The largest absolute Gasteiger partial charge is 0.366 e. The summed E-state index contributed by atoms with van der Waals surface area (Å²) in [7, 11) is 0. The van der Waals surface area contributed by atoms with E-state index in [-0.39, 0.29) is 35.0 Å². The molecule has 10 heteroatoms. The number of nitrogens with one attached hydrogen (secondary N) is 1. The summed E-state index contributed by atoms with van der Waals surface area (Å²) in [6.45, 7) is 0.374. The number of halogens is 2. The van der Waals surface area contributed by atoms with Gasteiger partial charge in [-0.15, -0.1) is 0 Å². The van der Waals surface area contributed by atoms with Crippen molar-refractivity contribution in [2.45, 2.75) is 0 Å². The van der Waals surface area contributed by atoms with E-state index in [4.69, 9.17) is 4.84 Å². The van der Waals surface area contributed by atoms with E-state index >= 15 is 0 Å². The fraction of sp³-hybridized carbons (Fsp3) is 0.111. The monoisotopic (exact) mass is 387 g/mol. The van der Waals surface area contributed by atoms with E-state index in [1.165, 1.54) is 24.3 Å². The van der Waals surface area contributed by atoms with Crippen molar-refractivity contribution in [2.75, 3.05) is 18.0 Å². The van der Waals surface area contributed by atoms with Crippen molar-refractivity contribution in [1.82, 2.24) is 10.4 Å². The van der Waals surface area contributed by atoms with Crippen LogP contribution >= 0.6 is 0 Å². The van der Waals surface area contributed by atoms with Crippen LogP contribution in [0, 0.1) is 11.6 Å². The van der Waals surface area contributed by atoms with Crippen LogP contribution in [0.1, 0.15) is 31.1 Å². The molecule has 0 aliphatic carbocycles. The van der Waals surface area contributed by atoms with Crippen molar-refractivity contribution in [2.24, 2.45) is 0 Å². The van der Waals surface area contributed by atoms with E-state index in [0.717, 1.165) is 11.0 Å². The maximum Gasteiger partial charge on any atom is 0.366 e. The second-order valence-electron chi connectivity index (χ2n) is 6.00. The number of imide groups is 1. The van der Waals surface area contributed by atoms with Crippen molar-refractivity contribution in [3.63, 3.8) is 0 Å². The molecule has 1 N–H and O–H groups in total. The number of nitrogens with zero attached hydrogens (tertiary/aromatic N) is 2. The molecule has 2 aromatic carbocycles. The smallest absolute Gasteiger partial charge is 0.336 e. The average molecular weight is 387 g/mol. The highest BCUT2D eigenvalue weighted by molar-refractivity contribution is 6.21. The lowest BCUT2D eigenvalue weighted by Crippen LogP contribution is -2.33. The SMILES string of the molecule is O=C(ON1C(=O)c2ccccc2C1=O)c1cc(N2CCNC2=O)c(F)cc1F. The van der Waals surface area contributed by atoms with E-state index in [9.17, 15) is 28.0 Å². The topological polar surface area (TPSA) is 96.0 Å². The molecule has 2 aromatic rings. The van der Waals surface area contributed by atoms with Crippen molar-refractivity contribution in [3.8, 4) is 0 Å². The van der Waals surface area contributed by atoms with Crippen molar-refractivity contribution >= 4 is 29.5 Å². The molecule has 0 radical (unpaired) electrons. The van der Waals surface area contributed by atoms with Crippen LogP contribution in [0.2, 0.25) is 0 Å². The Labute approximate surface area is 156 Å². The molecule has 8 nitrogen and oxygen atoms in total. The van der Waals surface area contributed by atoms with Gasteiger partial charge in [-0.2, -0.15) is 0 Å². The summed E-state index contributed by atoms with van der Waals surface area (Å²) in [6.07, 6.45) is 0. The number of anilines is 1. The van der Waals surface area contributed by atoms with Crippen LogP contribution in [0.3, 0.4) is 0 Å². The molecular formula is C18H11F2N3O5. The number of urea groups is 1. The van der Waals surface area contributed by atoms with Crippen LogP contribution < -0.4 is 10.2 Å². The molecule has 0 atom stereocenters. The summed E-state index contributed by atoms with van der Waals surface area (Å²) in [5.74, 6) is -5.45. The number of hydroxylamine groups is 2. The Morgan fingerprint density at radius 3 is 2.21 bits per heavy atom. The highest BCUT2D eigenvalue weighted by atomic mass is 19.1. The van der Waals surface area contributed by atoms with Crippen LogP contribution in [-0.4, -0.2) is 42.0 Å². The molecule has 4 rings (SSSR count). The Bertz CT molecular complexity index is 1020. The van der Waals surface area contributed by atoms with Gasteiger partial charge >= 0.3 is 12.0 Å². The first-order chi connectivity index (χ1) is 13.4. The molecule has 28 heavy (non-hydrogen) atoms. The number of carbonyl (C=O) groups excluding carboxylic acids is 4. The zero-order valence-corrected chi connectivity index (χ0v) is 14.1. The van der Waals surface area contributed by atoms with E-state index in [1.54, 1.807) is 0 Å². The lowest BCUT2D eigenvalue weighted by atomic mass is 10.1. The molecule has 4 amide bonds. The summed E-state index contributed by atoms with van der Waals surface area (Å²) in [4.78, 5) is 54.4. The summed E-state index contributed by atoms with van der Waals surface area (Å²) >= 11 is 0. The fourth-order valence-electron chi connectivity index (χ4n) is 2.98. The van der Waals surface area contributed by atoms with Gasteiger partial charge in [0.2, 0.25) is 0 Å². The maximum atomic E-state index is 14.1. The predicted molar refractivity (Wildman–Crippen MR) is 89.5 cm³/mol. The van der Waals surface area contributed by atoms with E-state index in [1.807, 2.05) is 0 Å². The minimum atomic E-state index is -1.38. The molecule has 0 unspecified atom stereocenters. The highest BCUT2D eigenvalue weighted by Gasteiger charge is 2.39. The van der Waals surface area contributed by atoms with Gasteiger partial charge in [-0.05, 0) is 18.2 Å². The van der Waals surface area contributed by atoms with Crippen molar-refractivity contribution in [3.05, 3.63) is 64.7 Å². The molecule has 0 spiro atoms. The molecule has 2 aliphatic rings. The van der Waals surface area contributed by atoms with Crippen molar-refractivity contribution < 1.29 is 32.8 Å². The normalized spacial score (nSPS) is 15.7. The number of carbonyl (C=O) groups is 4. The third kappa shape index (κ3) is 2.66. The third-order valence-electron chi connectivity index (χ3n) is 4.33. The maximum absolute atomic E-state index is 14.1. The number of benzene rings is 2. The minimum absolute atomic E-state index is 0.0364. The van der Waals surface area contributed by atoms with E-state index in [2.05, 4.69) is 5.32 Å². The Morgan fingerprint density at radius 1 is 1.00 bits per heavy atom. The second-order valence-corrected chi connectivity index (χ2v) is 6.00. The minimum Gasteiger partial charge on any atom is -0.336 e. The lowest BCUT2D eigenvalue weighted by molar-refractivity contribution is -0.0587. The Morgan fingerprint density at radius 2 is 1.64 bits per heavy atom. The van der Waals surface area contributed by atoms with Gasteiger partial charge < -0.3 is 10.2 Å². The summed E-state index contributed by atoms with van der Waals surface area (Å²) < 4.78 is 28.2. The summed E-state index contributed by atoms with van der Waals surface area (Å²) in [5, 5.41) is 2.67. The molecule has 0 bridgehead atoms. The molecule has 1 saturated heterocycles. The first kappa shape index (κ1) is 17.6. The number of hydrogen-bond acceptors (Lipinski definition) is 5. The standard InChI is InChI=1S/C18H11F2N3O5/c19-12-8-13(20)14(22-6-5-21-18(22)27)7-11(12)17(26)28-23-15(24)9-3-1-2-4-10(9)16(23)25/h1-4,7-8H,5-6H2,(H,21,27). The summed E-state index contributed by atoms with van der Waals surface area (Å²) in [5.41, 5.74) is -0.984. The predicted octanol–water partition coefficient (Wildman–Crippen LogP) is 1.86. The summed E-state index contributed by atoms with van der Waals surface area (Å²) in [6, 6.07) is 6.45. The molecule has 142 valence electrons. The van der Waals surface area contributed by atoms with E-state index in [0.29, 0.717) is 6.07 Å². The Kier molecular flexibility index (Phi) is 4.03. The number of amides is 4. The molecule has 2 aliphatic heterocycles. The Hall–Kier alpha value is -3.82. The average Bonchev–Trinajstić information content (AvgIpc) is 3.19. The van der Waals surface area contributed by atoms with Crippen molar-refractivity contribution in [1.29, 1.82) is 0 Å². The number of hydrogen-bond donors (Lipinski definition) is 1. The van der Waals surface area contributed by atoms with Gasteiger partial charge in [0.25, 0.3) is 11.8 Å². The Balaban J connectivity index is 1.63. The zero-order valence-electron chi connectivity index (χ0n) is 14.1. The number of fused-ring (bicyclic) bond motifs is 1. The van der Waals surface area contributed by atoms with Gasteiger partial charge in [0.15, 0.2) is 0 Å². The molecule has 2 heterocycles. The van der Waals surface area contributed by atoms with Crippen LogP contribution in [0.25, 0.3) is 0 Å². The van der Waals surface area contributed by atoms with Crippen LogP contribution in [0.4, 0.5) is 19.3 Å². The second kappa shape index (κ2) is 6.41. The molecule has 1 fully saturated rings. The lowest BCUT2D eigenvalue weighted by Gasteiger charge is -2.17. The molecule has 0 saturated carbocycles. The molecule has 0 aromatic heterocycles. The quantitative estimate of drug-likeness (QED) is 0.811. The first-order valence-corrected chi connectivity index (χ1v) is 8.13. The first-order valence-electron chi connectivity index (χ1n) is 8.13. The van der Waals surface area contributed by atoms with Crippen LogP contribution in [0.5, 0.6) is 0 Å². The van der Waals surface area contributed by atoms with Gasteiger partial charge in [-0.25, -0.2) is 18.4 Å². The number of rotatable bonds is 3. The molecular weight excluding hydrogens is 376 g/mol. The van der Waals surface area contributed by atoms with Crippen LogP contribution in [0.15, 0.2) is 36.4 Å². The van der Waals surface area contributed by atoms with E-state index < -0.39 is 41.0 Å². The van der Waals surface area contributed by atoms with Gasteiger partial charge in [0.05, 0.1) is 22.4 Å².